The van der Waals surface area contributed by atoms with E-state index in [4.69, 9.17) is 0 Å². The predicted octanol–water partition coefficient (Wildman–Crippen LogP) is 3.77. The van der Waals surface area contributed by atoms with Gasteiger partial charge in [0.15, 0.2) is 0 Å². The molecule has 0 N–H and O–H groups in total. The third-order valence-corrected chi connectivity index (χ3v) is 6.47. The quantitative estimate of drug-likeness (QED) is 0.842. The van der Waals surface area contributed by atoms with Gasteiger partial charge in [-0.05, 0) is 48.9 Å². The minimum Gasteiger partial charge on any atom is -0.207 e. The molecule has 0 aromatic heterocycles. The van der Waals surface area contributed by atoms with Gasteiger partial charge in [-0.2, -0.15) is 4.31 Å². The largest absolute Gasteiger partial charge is 0.243 e. The molecule has 0 bridgehead atoms. The van der Waals surface area contributed by atoms with Gasteiger partial charge < -0.3 is 0 Å². The summed E-state index contributed by atoms with van der Waals surface area (Å²) in [5.41, 5.74) is 2.11. The van der Waals surface area contributed by atoms with E-state index in [1.54, 1.807) is 19.2 Å². The zero-order valence-electron chi connectivity index (χ0n) is 12.9. The molecule has 0 unspecified atom stereocenters. The van der Waals surface area contributed by atoms with Crippen molar-refractivity contribution in [3.05, 3.63) is 54.6 Å². The molecule has 0 heterocycles. The van der Waals surface area contributed by atoms with Gasteiger partial charge in [-0.25, -0.2) is 8.42 Å². The Kier molecular flexibility index (Phi) is 4.06. The summed E-state index contributed by atoms with van der Waals surface area (Å²) in [6, 6.07) is 17.2. The van der Waals surface area contributed by atoms with Crippen LogP contribution < -0.4 is 0 Å². The second kappa shape index (κ2) is 5.86. The Bertz CT molecular complexity index is 734. The van der Waals surface area contributed by atoms with Crippen LogP contribution in [0.25, 0.3) is 11.1 Å². The monoisotopic (exact) mass is 315 g/mol. The zero-order chi connectivity index (χ0) is 15.7. The Labute approximate surface area is 132 Å². The Hall–Kier alpha value is -1.65. The van der Waals surface area contributed by atoms with Crippen molar-refractivity contribution in [3.8, 4) is 11.1 Å². The molecule has 3 nitrogen and oxygen atoms in total. The van der Waals surface area contributed by atoms with Gasteiger partial charge in [-0.3, -0.25) is 0 Å². The minimum absolute atomic E-state index is 0.0683. The third kappa shape index (κ3) is 2.94. The molecule has 1 aliphatic rings. The van der Waals surface area contributed by atoms with Crippen molar-refractivity contribution in [1.29, 1.82) is 0 Å². The highest BCUT2D eigenvalue weighted by Crippen LogP contribution is 2.36. The second-order valence-electron chi connectivity index (χ2n) is 5.99. The lowest BCUT2D eigenvalue weighted by Gasteiger charge is -2.24. The van der Waals surface area contributed by atoms with Crippen LogP contribution in [-0.4, -0.2) is 25.8 Å². The standard InChI is InChI=1S/C18H21NO2S/c1-14(15-8-9-15)19(2)22(20,21)18-12-10-17(11-13-18)16-6-4-3-5-7-16/h3-7,10-15H,8-9H2,1-2H3/t14-/m1/s1. The fraction of sp³-hybridized carbons (Fsp3) is 0.333. The molecule has 0 spiro atoms. The highest BCUT2D eigenvalue weighted by molar-refractivity contribution is 7.89. The first kappa shape index (κ1) is 15.3. The Morgan fingerprint density at radius 2 is 1.50 bits per heavy atom. The van der Waals surface area contributed by atoms with Crippen LogP contribution in [0.3, 0.4) is 0 Å². The lowest BCUT2D eigenvalue weighted by atomic mass is 10.1. The van der Waals surface area contributed by atoms with Crippen LogP contribution >= 0.6 is 0 Å². The topological polar surface area (TPSA) is 37.4 Å². The van der Waals surface area contributed by atoms with Crippen molar-refractivity contribution < 1.29 is 8.42 Å². The lowest BCUT2D eigenvalue weighted by Crippen LogP contribution is -2.36. The first-order chi connectivity index (χ1) is 10.5. The van der Waals surface area contributed by atoms with Crippen LogP contribution in [0.2, 0.25) is 0 Å². The van der Waals surface area contributed by atoms with Crippen molar-refractivity contribution in [2.45, 2.75) is 30.7 Å². The molecule has 2 aromatic carbocycles. The molecule has 4 heteroatoms. The molecule has 0 aliphatic heterocycles. The number of hydrogen-bond acceptors (Lipinski definition) is 2. The molecule has 1 fully saturated rings. The molecule has 1 aliphatic carbocycles. The highest BCUT2D eigenvalue weighted by Gasteiger charge is 2.35. The number of nitrogens with zero attached hydrogens (tertiary/aromatic N) is 1. The van der Waals surface area contributed by atoms with E-state index in [9.17, 15) is 8.42 Å². The van der Waals surface area contributed by atoms with Crippen LogP contribution in [0.4, 0.5) is 0 Å². The third-order valence-electron chi connectivity index (χ3n) is 4.52. The summed E-state index contributed by atoms with van der Waals surface area (Å²) < 4.78 is 26.9. The zero-order valence-corrected chi connectivity index (χ0v) is 13.8. The fourth-order valence-corrected chi connectivity index (χ4v) is 4.13. The molecular formula is C18H21NO2S. The minimum atomic E-state index is -3.41. The normalized spacial score (nSPS) is 16.7. The van der Waals surface area contributed by atoms with E-state index in [1.807, 2.05) is 49.4 Å². The molecule has 0 radical (unpaired) electrons. The van der Waals surface area contributed by atoms with E-state index in [2.05, 4.69) is 0 Å². The second-order valence-corrected chi connectivity index (χ2v) is 7.99. The van der Waals surface area contributed by atoms with Gasteiger partial charge in [-0.15, -0.1) is 0 Å². The number of rotatable bonds is 5. The Morgan fingerprint density at radius 3 is 2.05 bits per heavy atom. The first-order valence-electron chi connectivity index (χ1n) is 7.63. The SMILES string of the molecule is C[C@H](C1CC1)N(C)S(=O)(=O)c1ccc(-c2ccccc2)cc1. The summed E-state index contributed by atoms with van der Waals surface area (Å²) in [7, 11) is -1.72. The summed E-state index contributed by atoms with van der Waals surface area (Å²) in [5, 5.41) is 0. The molecule has 1 atom stereocenters. The van der Waals surface area contributed by atoms with E-state index in [0.29, 0.717) is 10.8 Å². The molecule has 2 aromatic rings. The number of benzene rings is 2. The van der Waals surface area contributed by atoms with Gasteiger partial charge in [0, 0.05) is 13.1 Å². The van der Waals surface area contributed by atoms with Crippen LogP contribution in [0.15, 0.2) is 59.5 Å². The maximum atomic E-state index is 12.7. The van der Waals surface area contributed by atoms with Crippen LogP contribution in [0, 0.1) is 5.92 Å². The number of sulfonamides is 1. The van der Waals surface area contributed by atoms with Gasteiger partial charge in [0.25, 0.3) is 0 Å². The van der Waals surface area contributed by atoms with Gasteiger partial charge in [0.05, 0.1) is 4.90 Å². The van der Waals surface area contributed by atoms with Gasteiger partial charge in [-0.1, -0.05) is 42.5 Å². The van der Waals surface area contributed by atoms with Crippen LogP contribution in [-0.2, 0) is 10.0 Å². The fourth-order valence-electron chi connectivity index (χ4n) is 2.71. The summed E-state index contributed by atoms with van der Waals surface area (Å²) in [6.45, 7) is 1.99. The van der Waals surface area contributed by atoms with E-state index >= 15 is 0 Å². The summed E-state index contributed by atoms with van der Waals surface area (Å²) in [5.74, 6) is 0.517. The molecule has 0 saturated heterocycles. The maximum absolute atomic E-state index is 12.7. The molecule has 22 heavy (non-hydrogen) atoms. The van der Waals surface area contributed by atoms with E-state index in [1.165, 1.54) is 4.31 Å². The lowest BCUT2D eigenvalue weighted by molar-refractivity contribution is 0.357. The average Bonchev–Trinajstić information content (AvgIpc) is 3.39. The predicted molar refractivity (Wildman–Crippen MR) is 89.0 cm³/mol. The van der Waals surface area contributed by atoms with Crippen molar-refractivity contribution >= 4 is 10.0 Å². The summed E-state index contributed by atoms with van der Waals surface area (Å²) in [6.07, 6.45) is 2.27. The van der Waals surface area contributed by atoms with E-state index in [-0.39, 0.29) is 6.04 Å². The Balaban J connectivity index is 1.85. The van der Waals surface area contributed by atoms with Crippen molar-refractivity contribution in [3.63, 3.8) is 0 Å². The molecule has 3 rings (SSSR count). The van der Waals surface area contributed by atoms with Crippen molar-refractivity contribution in [1.82, 2.24) is 4.31 Å². The first-order valence-corrected chi connectivity index (χ1v) is 9.07. The van der Waals surface area contributed by atoms with Crippen molar-refractivity contribution in [2.75, 3.05) is 7.05 Å². The average molecular weight is 315 g/mol. The summed E-state index contributed by atoms with van der Waals surface area (Å²) >= 11 is 0. The van der Waals surface area contributed by atoms with Gasteiger partial charge >= 0.3 is 0 Å². The van der Waals surface area contributed by atoms with Gasteiger partial charge in [0.2, 0.25) is 10.0 Å². The van der Waals surface area contributed by atoms with Crippen LogP contribution in [0.1, 0.15) is 19.8 Å². The Morgan fingerprint density at radius 1 is 0.955 bits per heavy atom. The molecule has 116 valence electrons. The van der Waals surface area contributed by atoms with Crippen LogP contribution in [0.5, 0.6) is 0 Å². The smallest absolute Gasteiger partial charge is 0.207 e. The van der Waals surface area contributed by atoms with Crippen molar-refractivity contribution in [2.24, 2.45) is 5.92 Å². The van der Waals surface area contributed by atoms with E-state index in [0.717, 1.165) is 24.0 Å². The summed E-state index contributed by atoms with van der Waals surface area (Å²) in [4.78, 5) is 0.363. The molecule has 0 amide bonds. The molecule has 1 saturated carbocycles. The number of hydrogen-bond donors (Lipinski definition) is 0. The highest BCUT2D eigenvalue weighted by atomic mass is 32.2. The molecular weight excluding hydrogens is 294 g/mol. The van der Waals surface area contributed by atoms with E-state index < -0.39 is 10.0 Å². The maximum Gasteiger partial charge on any atom is 0.243 e. The van der Waals surface area contributed by atoms with Gasteiger partial charge in [0.1, 0.15) is 0 Å².